The molecule has 3 aromatic rings. The molecule has 0 aliphatic heterocycles. The number of amides is 1. The van der Waals surface area contributed by atoms with Gasteiger partial charge in [-0.1, -0.05) is 0 Å². The fraction of sp³-hybridized carbons (Fsp3) is 0.222. The molecule has 0 radical (unpaired) electrons. The van der Waals surface area contributed by atoms with Gasteiger partial charge in [0.1, 0.15) is 6.54 Å². The Balaban J connectivity index is 1.81. The third-order valence-electron chi connectivity index (χ3n) is 3.91. The van der Waals surface area contributed by atoms with Gasteiger partial charge in [-0.05, 0) is 25.1 Å². The molecule has 1 heterocycles. The lowest BCUT2D eigenvalue weighted by Gasteiger charge is -2.12. The van der Waals surface area contributed by atoms with Gasteiger partial charge in [0.15, 0.2) is 17.1 Å². The van der Waals surface area contributed by atoms with Crippen molar-refractivity contribution in [1.82, 2.24) is 4.57 Å². The quantitative estimate of drug-likeness (QED) is 0.488. The number of nitro benzene ring substituents is 1. The number of oxazole rings is 1. The molecular formula is C18H17N3O7. The zero-order chi connectivity index (χ0) is 20.3. The highest BCUT2D eigenvalue weighted by Gasteiger charge is 2.16. The van der Waals surface area contributed by atoms with Crippen LogP contribution in [-0.4, -0.2) is 29.1 Å². The first-order valence-electron chi connectivity index (χ1n) is 8.31. The first-order chi connectivity index (χ1) is 13.4. The number of hydrogen-bond donors (Lipinski definition) is 1. The second-order valence-electron chi connectivity index (χ2n) is 5.71. The number of aromatic nitrogens is 1. The van der Waals surface area contributed by atoms with Crippen LogP contribution in [0, 0.1) is 10.1 Å². The molecule has 0 atom stereocenters. The van der Waals surface area contributed by atoms with Gasteiger partial charge in [-0.25, -0.2) is 4.79 Å². The zero-order valence-electron chi connectivity index (χ0n) is 15.1. The summed E-state index contributed by atoms with van der Waals surface area (Å²) < 4.78 is 16.8. The Labute approximate surface area is 158 Å². The molecule has 10 nitrogen and oxygen atoms in total. The first kappa shape index (κ1) is 19.0. The molecule has 1 N–H and O–H groups in total. The monoisotopic (exact) mass is 387 g/mol. The predicted octanol–water partition coefficient (Wildman–Crippen LogP) is 2.55. The van der Waals surface area contributed by atoms with Gasteiger partial charge < -0.3 is 19.2 Å². The SMILES string of the molecule is CCOc1ccc(NC(=O)Cn2c(=O)oc3cc([N+](=O)[O-])ccc32)cc1OC. The summed E-state index contributed by atoms with van der Waals surface area (Å²) in [6, 6.07) is 8.65. The average Bonchev–Trinajstić information content (AvgIpc) is 2.97. The highest BCUT2D eigenvalue weighted by molar-refractivity contribution is 5.92. The number of ether oxygens (including phenoxy) is 2. The van der Waals surface area contributed by atoms with E-state index >= 15 is 0 Å². The maximum atomic E-state index is 12.4. The Morgan fingerprint density at radius 2 is 2.04 bits per heavy atom. The number of anilines is 1. The van der Waals surface area contributed by atoms with Crippen LogP contribution in [0.3, 0.4) is 0 Å². The molecule has 1 aromatic heterocycles. The summed E-state index contributed by atoms with van der Waals surface area (Å²) in [7, 11) is 1.49. The number of carbonyl (C=O) groups excluding carboxylic acids is 1. The maximum absolute atomic E-state index is 12.4. The largest absolute Gasteiger partial charge is 0.493 e. The average molecular weight is 387 g/mol. The molecule has 28 heavy (non-hydrogen) atoms. The smallest absolute Gasteiger partial charge is 0.420 e. The van der Waals surface area contributed by atoms with E-state index in [0.29, 0.717) is 23.8 Å². The molecule has 0 aliphatic rings. The van der Waals surface area contributed by atoms with Crippen LogP contribution < -0.4 is 20.5 Å². The molecule has 0 fully saturated rings. The Morgan fingerprint density at radius 3 is 2.71 bits per heavy atom. The molecule has 0 saturated heterocycles. The van der Waals surface area contributed by atoms with Gasteiger partial charge in [0, 0.05) is 17.8 Å². The fourth-order valence-corrected chi connectivity index (χ4v) is 2.68. The van der Waals surface area contributed by atoms with Crippen molar-refractivity contribution in [2.75, 3.05) is 19.0 Å². The molecule has 1 amide bonds. The Morgan fingerprint density at radius 1 is 1.25 bits per heavy atom. The van der Waals surface area contributed by atoms with Gasteiger partial charge >= 0.3 is 5.76 Å². The number of nitrogens with zero attached hydrogens (tertiary/aromatic N) is 2. The van der Waals surface area contributed by atoms with Gasteiger partial charge in [-0.15, -0.1) is 0 Å². The second kappa shape index (κ2) is 7.82. The predicted molar refractivity (Wildman–Crippen MR) is 99.9 cm³/mol. The number of benzene rings is 2. The molecule has 0 bridgehead atoms. The van der Waals surface area contributed by atoms with Gasteiger partial charge in [-0.2, -0.15) is 0 Å². The van der Waals surface area contributed by atoms with Gasteiger partial charge in [0.2, 0.25) is 5.91 Å². The van der Waals surface area contributed by atoms with E-state index in [0.717, 1.165) is 10.6 Å². The van der Waals surface area contributed by atoms with E-state index in [4.69, 9.17) is 13.9 Å². The number of nitro groups is 1. The van der Waals surface area contributed by atoms with E-state index in [1.165, 1.54) is 19.2 Å². The van der Waals surface area contributed by atoms with Gasteiger partial charge in [-0.3, -0.25) is 19.5 Å². The fourth-order valence-electron chi connectivity index (χ4n) is 2.68. The summed E-state index contributed by atoms with van der Waals surface area (Å²) >= 11 is 0. The van der Waals surface area contributed by atoms with Crippen molar-refractivity contribution in [3.05, 3.63) is 57.1 Å². The van der Waals surface area contributed by atoms with Crippen molar-refractivity contribution >= 4 is 28.4 Å². The topological polar surface area (TPSA) is 126 Å². The third kappa shape index (κ3) is 3.80. The van der Waals surface area contributed by atoms with Crippen molar-refractivity contribution in [2.45, 2.75) is 13.5 Å². The van der Waals surface area contributed by atoms with E-state index in [2.05, 4.69) is 5.32 Å². The summed E-state index contributed by atoms with van der Waals surface area (Å²) in [6.45, 7) is 1.99. The van der Waals surface area contributed by atoms with E-state index in [9.17, 15) is 19.7 Å². The van der Waals surface area contributed by atoms with Crippen LogP contribution in [0.25, 0.3) is 11.1 Å². The summed E-state index contributed by atoms with van der Waals surface area (Å²) in [4.78, 5) is 34.6. The number of fused-ring (bicyclic) bond motifs is 1. The minimum atomic E-state index is -0.782. The lowest BCUT2D eigenvalue weighted by molar-refractivity contribution is -0.384. The normalized spacial score (nSPS) is 10.6. The van der Waals surface area contributed by atoms with Crippen LogP contribution >= 0.6 is 0 Å². The molecule has 3 rings (SSSR count). The summed E-state index contributed by atoms with van der Waals surface area (Å²) in [5.74, 6) is -0.260. The lowest BCUT2D eigenvalue weighted by atomic mass is 10.2. The lowest BCUT2D eigenvalue weighted by Crippen LogP contribution is -2.24. The van der Waals surface area contributed by atoms with Gasteiger partial charge in [0.25, 0.3) is 5.69 Å². The number of methoxy groups -OCH3 is 1. The maximum Gasteiger partial charge on any atom is 0.420 e. The molecule has 146 valence electrons. The van der Waals surface area contributed by atoms with Crippen LogP contribution in [0.2, 0.25) is 0 Å². The summed E-state index contributed by atoms with van der Waals surface area (Å²) in [6.07, 6.45) is 0. The first-order valence-corrected chi connectivity index (χ1v) is 8.31. The van der Waals surface area contributed by atoms with Crippen LogP contribution in [0.15, 0.2) is 45.6 Å². The molecule has 0 aliphatic carbocycles. The zero-order valence-corrected chi connectivity index (χ0v) is 15.1. The minimum absolute atomic E-state index is 0.0368. The van der Waals surface area contributed by atoms with Crippen molar-refractivity contribution in [2.24, 2.45) is 0 Å². The number of hydrogen-bond acceptors (Lipinski definition) is 7. The number of rotatable bonds is 7. The van der Waals surface area contributed by atoms with E-state index < -0.39 is 16.6 Å². The van der Waals surface area contributed by atoms with Crippen LogP contribution in [-0.2, 0) is 11.3 Å². The standard InChI is InChI=1S/C18H17N3O7/c1-3-27-14-7-4-11(8-16(14)26-2)19-17(22)10-20-13-6-5-12(21(24)25)9-15(13)28-18(20)23/h4-9H,3,10H2,1-2H3,(H,19,22). The Bertz CT molecular complexity index is 1100. The number of carbonyl (C=O) groups is 1. The Kier molecular flexibility index (Phi) is 5.30. The third-order valence-corrected chi connectivity index (χ3v) is 3.91. The summed E-state index contributed by atoms with van der Waals surface area (Å²) in [5.41, 5.74) is 0.575. The molecule has 10 heteroatoms. The molecule has 2 aromatic carbocycles. The van der Waals surface area contributed by atoms with Crippen LogP contribution in [0.5, 0.6) is 11.5 Å². The highest BCUT2D eigenvalue weighted by atomic mass is 16.6. The molecule has 0 saturated carbocycles. The number of nitrogens with one attached hydrogen (secondary N) is 1. The molecular weight excluding hydrogens is 370 g/mol. The van der Waals surface area contributed by atoms with Gasteiger partial charge in [0.05, 0.1) is 30.2 Å². The van der Waals surface area contributed by atoms with Crippen molar-refractivity contribution in [1.29, 1.82) is 0 Å². The molecule has 0 spiro atoms. The highest BCUT2D eigenvalue weighted by Crippen LogP contribution is 2.30. The van der Waals surface area contributed by atoms with Crippen molar-refractivity contribution < 1.29 is 23.6 Å². The Hall–Kier alpha value is -3.82. The van der Waals surface area contributed by atoms with Crippen molar-refractivity contribution in [3.63, 3.8) is 0 Å². The van der Waals surface area contributed by atoms with Crippen molar-refractivity contribution in [3.8, 4) is 11.5 Å². The van der Waals surface area contributed by atoms with Crippen LogP contribution in [0.4, 0.5) is 11.4 Å². The summed E-state index contributed by atoms with van der Waals surface area (Å²) in [5, 5.41) is 13.5. The molecule has 0 unspecified atom stereocenters. The van der Waals surface area contributed by atoms with E-state index in [-0.39, 0.29) is 23.3 Å². The second-order valence-corrected chi connectivity index (χ2v) is 5.71. The van der Waals surface area contributed by atoms with E-state index in [1.807, 2.05) is 6.92 Å². The number of non-ortho nitro benzene ring substituents is 1. The van der Waals surface area contributed by atoms with Crippen LogP contribution in [0.1, 0.15) is 6.92 Å². The minimum Gasteiger partial charge on any atom is -0.493 e. The van der Waals surface area contributed by atoms with E-state index in [1.54, 1.807) is 18.2 Å².